The number of rotatable bonds is 2. The van der Waals surface area contributed by atoms with E-state index in [2.05, 4.69) is 20.3 Å². The van der Waals surface area contributed by atoms with Crippen LogP contribution in [-0.4, -0.2) is 25.4 Å². The molecule has 1 amide bonds. The zero-order valence-electron chi connectivity index (χ0n) is 11.1. The van der Waals surface area contributed by atoms with Crippen molar-refractivity contribution in [2.75, 3.05) is 5.32 Å². The number of nitrogens with one attached hydrogen (secondary N) is 1. The Morgan fingerprint density at radius 2 is 1.86 bits per heavy atom. The number of aromatic nitrogens is 4. The van der Waals surface area contributed by atoms with Crippen LogP contribution in [0.1, 0.15) is 10.4 Å². The first-order valence-corrected chi connectivity index (χ1v) is 6.20. The van der Waals surface area contributed by atoms with E-state index >= 15 is 0 Å². The lowest BCUT2D eigenvalue weighted by atomic mass is 10.2. The van der Waals surface area contributed by atoms with Gasteiger partial charge >= 0.3 is 0 Å². The zero-order chi connectivity index (χ0) is 14.8. The Morgan fingerprint density at radius 3 is 2.62 bits per heavy atom. The molecule has 0 saturated carbocycles. The number of aryl methyl sites for hydroxylation is 1. The number of hydrogen-bond donors (Lipinski definition) is 1. The normalized spacial score (nSPS) is 10.5. The van der Waals surface area contributed by atoms with Crippen molar-refractivity contribution < 1.29 is 4.79 Å². The van der Waals surface area contributed by atoms with Crippen LogP contribution in [0.3, 0.4) is 0 Å². The predicted molar refractivity (Wildman–Crippen MR) is 77.0 cm³/mol. The topological polar surface area (TPSA) is 89.8 Å². The summed E-state index contributed by atoms with van der Waals surface area (Å²) in [7, 11) is 1.58. The van der Waals surface area contributed by atoms with Gasteiger partial charge in [-0.05, 0) is 24.3 Å². The molecule has 0 aliphatic heterocycles. The monoisotopic (exact) mass is 281 g/mol. The van der Waals surface area contributed by atoms with E-state index in [4.69, 9.17) is 0 Å². The molecule has 0 aliphatic carbocycles. The first-order chi connectivity index (χ1) is 10.2. The molecule has 3 aromatic rings. The third-order valence-corrected chi connectivity index (χ3v) is 3.01. The molecular formula is C14H11N5O2. The van der Waals surface area contributed by atoms with Crippen molar-refractivity contribution in [3.05, 3.63) is 58.8 Å². The van der Waals surface area contributed by atoms with Gasteiger partial charge in [-0.3, -0.25) is 19.5 Å². The fourth-order valence-electron chi connectivity index (χ4n) is 1.99. The molecule has 3 heterocycles. The van der Waals surface area contributed by atoms with Crippen molar-refractivity contribution in [3.8, 4) is 0 Å². The van der Waals surface area contributed by atoms with E-state index in [1.165, 1.54) is 23.0 Å². The molecule has 0 bridgehead atoms. The SMILES string of the molecule is Cn1c(=O)c(C(=O)Nc2ncccn2)cc2cccnc21. The first kappa shape index (κ1) is 12.9. The quantitative estimate of drug-likeness (QED) is 0.756. The van der Waals surface area contributed by atoms with Crippen molar-refractivity contribution >= 4 is 22.9 Å². The third-order valence-electron chi connectivity index (χ3n) is 3.01. The highest BCUT2D eigenvalue weighted by molar-refractivity contribution is 6.04. The van der Waals surface area contributed by atoms with E-state index in [-0.39, 0.29) is 11.5 Å². The molecule has 0 aromatic carbocycles. The lowest BCUT2D eigenvalue weighted by molar-refractivity contribution is 0.102. The summed E-state index contributed by atoms with van der Waals surface area (Å²) in [5, 5.41) is 3.20. The first-order valence-electron chi connectivity index (χ1n) is 6.20. The van der Waals surface area contributed by atoms with Crippen LogP contribution in [0.15, 0.2) is 47.7 Å². The summed E-state index contributed by atoms with van der Waals surface area (Å²) in [5.74, 6) is -0.400. The van der Waals surface area contributed by atoms with Gasteiger partial charge in [0.05, 0.1) is 0 Å². The Labute approximate surface area is 119 Å². The molecule has 0 unspecified atom stereocenters. The molecule has 0 spiro atoms. The van der Waals surface area contributed by atoms with Gasteiger partial charge in [-0.15, -0.1) is 0 Å². The fourth-order valence-corrected chi connectivity index (χ4v) is 1.99. The number of fused-ring (bicyclic) bond motifs is 1. The molecule has 0 radical (unpaired) electrons. The summed E-state index contributed by atoms with van der Waals surface area (Å²) in [5.41, 5.74) is 0.120. The molecule has 1 N–H and O–H groups in total. The van der Waals surface area contributed by atoms with E-state index < -0.39 is 11.5 Å². The molecule has 21 heavy (non-hydrogen) atoms. The van der Waals surface area contributed by atoms with Crippen molar-refractivity contribution in [1.82, 2.24) is 19.5 Å². The van der Waals surface area contributed by atoms with Gasteiger partial charge in [0.2, 0.25) is 5.95 Å². The number of nitrogens with zero attached hydrogens (tertiary/aromatic N) is 4. The largest absolute Gasteiger partial charge is 0.295 e. The molecule has 3 rings (SSSR count). The summed E-state index contributed by atoms with van der Waals surface area (Å²) in [6.07, 6.45) is 4.61. The average Bonchev–Trinajstić information content (AvgIpc) is 2.52. The molecule has 0 saturated heterocycles. The van der Waals surface area contributed by atoms with Crippen molar-refractivity contribution in [1.29, 1.82) is 0 Å². The Hall–Kier alpha value is -3.09. The number of hydrogen-bond acceptors (Lipinski definition) is 5. The number of amides is 1. The summed E-state index contributed by atoms with van der Waals surface area (Å²) in [6, 6.07) is 6.69. The maximum absolute atomic E-state index is 12.2. The third kappa shape index (κ3) is 2.36. The van der Waals surface area contributed by atoms with Crippen LogP contribution in [-0.2, 0) is 7.05 Å². The van der Waals surface area contributed by atoms with Gasteiger partial charge in [-0.1, -0.05) is 0 Å². The van der Waals surface area contributed by atoms with Crippen LogP contribution in [0.4, 0.5) is 5.95 Å². The summed E-state index contributed by atoms with van der Waals surface area (Å²) in [6.45, 7) is 0. The van der Waals surface area contributed by atoms with Crippen molar-refractivity contribution in [3.63, 3.8) is 0 Å². The van der Waals surface area contributed by atoms with Gasteiger partial charge in [0.1, 0.15) is 11.2 Å². The second kappa shape index (κ2) is 5.12. The Kier molecular flexibility index (Phi) is 3.15. The van der Waals surface area contributed by atoms with Gasteiger partial charge in [0.15, 0.2) is 0 Å². The van der Waals surface area contributed by atoms with E-state index in [0.29, 0.717) is 11.0 Å². The van der Waals surface area contributed by atoms with Gasteiger partial charge in [0, 0.05) is 31.0 Å². The molecule has 104 valence electrons. The second-order valence-corrected chi connectivity index (χ2v) is 4.36. The van der Waals surface area contributed by atoms with Gasteiger partial charge in [-0.25, -0.2) is 15.0 Å². The maximum atomic E-state index is 12.2. The molecule has 3 aromatic heterocycles. The molecule has 7 heteroatoms. The van der Waals surface area contributed by atoms with E-state index in [0.717, 1.165) is 0 Å². The van der Waals surface area contributed by atoms with Gasteiger partial charge in [0.25, 0.3) is 11.5 Å². The Balaban J connectivity index is 2.06. The Morgan fingerprint density at radius 1 is 1.14 bits per heavy atom. The van der Waals surface area contributed by atoms with E-state index in [9.17, 15) is 9.59 Å². The second-order valence-electron chi connectivity index (χ2n) is 4.36. The van der Waals surface area contributed by atoms with Gasteiger partial charge < -0.3 is 0 Å². The smallest absolute Gasteiger partial charge is 0.264 e. The lowest BCUT2D eigenvalue weighted by Gasteiger charge is -2.07. The van der Waals surface area contributed by atoms with Crippen LogP contribution in [0.5, 0.6) is 0 Å². The average molecular weight is 281 g/mol. The standard InChI is InChI=1S/C14H11N5O2/c1-19-11-9(4-2-5-15-11)8-10(13(19)21)12(20)18-14-16-6-3-7-17-14/h2-8H,1H3,(H,16,17,18,20). The van der Waals surface area contributed by atoms with E-state index in [1.807, 2.05) is 0 Å². The van der Waals surface area contributed by atoms with Crippen LogP contribution in [0, 0.1) is 0 Å². The van der Waals surface area contributed by atoms with Crippen molar-refractivity contribution in [2.24, 2.45) is 7.05 Å². The number of anilines is 1. The summed E-state index contributed by atoms with van der Waals surface area (Å²) in [4.78, 5) is 36.4. The maximum Gasteiger partial charge on any atom is 0.264 e. The van der Waals surface area contributed by atoms with E-state index in [1.54, 1.807) is 31.4 Å². The number of pyridine rings is 2. The van der Waals surface area contributed by atoms with Crippen LogP contribution < -0.4 is 10.9 Å². The van der Waals surface area contributed by atoms with Crippen LogP contribution in [0.25, 0.3) is 11.0 Å². The highest BCUT2D eigenvalue weighted by atomic mass is 16.2. The highest BCUT2D eigenvalue weighted by Gasteiger charge is 2.15. The fraction of sp³-hybridized carbons (Fsp3) is 0.0714. The number of carbonyl (C=O) groups is 1. The summed E-state index contributed by atoms with van der Waals surface area (Å²) < 4.78 is 1.34. The van der Waals surface area contributed by atoms with Crippen LogP contribution >= 0.6 is 0 Å². The molecule has 7 nitrogen and oxygen atoms in total. The minimum absolute atomic E-state index is 0.0189. The molecular weight excluding hydrogens is 270 g/mol. The minimum atomic E-state index is -0.549. The van der Waals surface area contributed by atoms with Crippen LogP contribution in [0.2, 0.25) is 0 Å². The predicted octanol–water partition coefficient (Wildman–Crippen LogP) is 0.976. The van der Waals surface area contributed by atoms with Gasteiger partial charge in [-0.2, -0.15) is 0 Å². The van der Waals surface area contributed by atoms with Crippen molar-refractivity contribution in [2.45, 2.75) is 0 Å². The number of carbonyl (C=O) groups excluding carboxylic acids is 1. The molecule has 0 atom stereocenters. The zero-order valence-corrected chi connectivity index (χ0v) is 11.1. The highest BCUT2D eigenvalue weighted by Crippen LogP contribution is 2.10. The summed E-state index contributed by atoms with van der Waals surface area (Å²) >= 11 is 0. The Bertz CT molecular complexity index is 873. The lowest BCUT2D eigenvalue weighted by Crippen LogP contribution is -2.28. The molecule has 0 aliphatic rings. The molecule has 0 fully saturated rings. The minimum Gasteiger partial charge on any atom is -0.295 e.